The maximum atomic E-state index is 14.3. The van der Waals surface area contributed by atoms with Crippen LogP contribution in [0.25, 0.3) is 5.69 Å². The van der Waals surface area contributed by atoms with Gasteiger partial charge in [-0.1, -0.05) is 6.07 Å². The van der Waals surface area contributed by atoms with Crippen LogP contribution in [0.2, 0.25) is 0 Å². The molecule has 126 valence electrons. The highest BCUT2D eigenvalue weighted by molar-refractivity contribution is 5.93. The molecule has 1 heterocycles. The number of pyridine rings is 1. The standard InChI is InChI=1S/C18H19FN2O3/c1-24-14-7-5-12(10-14)18(23)20-16-8-6-13(11-15(16)19)21-9-3-2-4-17(21)22/h2-4,6,8-9,11-12,14H,5,7,10H2,1H3,(H,20,23). The summed E-state index contributed by atoms with van der Waals surface area (Å²) in [6, 6.07) is 9.04. The molecule has 1 aromatic carbocycles. The number of methoxy groups -OCH3 is 1. The average Bonchev–Trinajstić information content (AvgIpc) is 3.06. The van der Waals surface area contributed by atoms with Crippen molar-refractivity contribution in [3.8, 4) is 5.69 Å². The summed E-state index contributed by atoms with van der Waals surface area (Å²) in [5, 5.41) is 2.63. The van der Waals surface area contributed by atoms with Crippen molar-refractivity contribution in [1.29, 1.82) is 0 Å². The normalized spacial score (nSPS) is 20.1. The number of anilines is 1. The van der Waals surface area contributed by atoms with Gasteiger partial charge in [-0.25, -0.2) is 4.39 Å². The van der Waals surface area contributed by atoms with Gasteiger partial charge in [-0.05, 0) is 37.5 Å². The molecular weight excluding hydrogens is 311 g/mol. The molecule has 2 atom stereocenters. The number of nitrogens with one attached hydrogen (secondary N) is 1. The van der Waals surface area contributed by atoms with Gasteiger partial charge in [0.25, 0.3) is 5.56 Å². The highest BCUT2D eigenvalue weighted by Gasteiger charge is 2.30. The first-order chi connectivity index (χ1) is 11.6. The summed E-state index contributed by atoms with van der Waals surface area (Å²) in [6.07, 6.45) is 3.90. The van der Waals surface area contributed by atoms with E-state index in [9.17, 15) is 14.0 Å². The van der Waals surface area contributed by atoms with Gasteiger partial charge in [0.1, 0.15) is 5.82 Å². The van der Waals surface area contributed by atoms with E-state index in [0.717, 1.165) is 12.8 Å². The predicted octanol–water partition coefficient (Wildman–Crippen LogP) is 2.73. The van der Waals surface area contributed by atoms with Crippen LogP contribution >= 0.6 is 0 Å². The van der Waals surface area contributed by atoms with E-state index in [0.29, 0.717) is 12.1 Å². The number of hydrogen-bond acceptors (Lipinski definition) is 3. The lowest BCUT2D eigenvalue weighted by atomic mass is 10.1. The van der Waals surface area contributed by atoms with E-state index in [1.807, 2.05) is 0 Å². The van der Waals surface area contributed by atoms with Crippen LogP contribution in [0.15, 0.2) is 47.4 Å². The maximum absolute atomic E-state index is 14.3. The number of halogens is 1. The van der Waals surface area contributed by atoms with Crippen molar-refractivity contribution in [1.82, 2.24) is 4.57 Å². The van der Waals surface area contributed by atoms with Crippen molar-refractivity contribution in [3.63, 3.8) is 0 Å². The van der Waals surface area contributed by atoms with E-state index in [4.69, 9.17) is 4.74 Å². The Bertz CT molecular complexity index is 803. The SMILES string of the molecule is COC1CCC(C(=O)Nc2ccc(-n3ccccc3=O)cc2F)C1. The minimum Gasteiger partial charge on any atom is -0.381 e. The third-order valence-electron chi connectivity index (χ3n) is 4.40. The van der Waals surface area contributed by atoms with Crippen LogP contribution in [0.5, 0.6) is 0 Å². The van der Waals surface area contributed by atoms with Crippen LogP contribution in [0, 0.1) is 11.7 Å². The first-order valence-corrected chi connectivity index (χ1v) is 7.89. The molecular formula is C18H19FN2O3. The molecule has 0 bridgehead atoms. The molecule has 3 rings (SSSR count). The van der Waals surface area contributed by atoms with Gasteiger partial charge in [-0.2, -0.15) is 0 Å². The second-order valence-electron chi connectivity index (χ2n) is 5.93. The Morgan fingerprint density at radius 2 is 2.12 bits per heavy atom. The minimum absolute atomic E-state index is 0.0953. The summed E-state index contributed by atoms with van der Waals surface area (Å²) in [5.41, 5.74) is 0.287. The molecule has 1 aliphatic carbocycles. The highest BCUT2D eigenvalue weighted by atomic mass is 19.1. The third-order valence-corrected chi connectivity index (χ3v) is 4.40. The number of rotatable bonds is 4. The molecule has 1 amide bonds. The summed E-state index contributed by atoms with van der Waals surface area (Å²) >= 11 is 0. The Balaban J connectivity index is 1.75. The fourth-order valence-electron chi connectivity index (χ4n) is 3.02. The molecule has 1 N–H and O–H groups in total. The molecule has 5 nitrogen and oxygen atoms in total. The Hall–Kier alpha value is -2.47. The monoisotopic (exact) mass is 330 g/mol. The maximum Gasteiger partial charge on any atom is 0.255 e. The van der Waals surface area contributed by atoms with Crippen LogP contribution in [0.1, 0.15) is 19.3 Å². The lowest BCUT2D eigenvalue weighted by molar-refractivity contribution is -0.120. The average molecular weight is 330 g/mol. The molecule has 0 aliphatic heterocycles. The molecule has 1 aliphatic rings. The molecule has 1 aromatic heterocycles. The fraction of sp³-hybridized carbons (Fsp3) is 0.333. The molecule has 2 unspecified atom stereocenters. The van der Waals surface area contributed by atoms with E-state index in [1.54, 1.807) is 31.5 Å². The lowest BCUT2D eigenvalue weighted by Crippen LogP contribution is -2.22. The fourth-order valence-corrected chi connectivity index (χ4v) is 3.02. The van der Waals surface area contributed by atoms with Gasteiger partial charge in [0, 0.05) is 31.4 Å². The van der Waals surface area contributed by atoms with Crippen molar-refractivity contribution in [2.75, 3.05) is 12.4 Å². The topological polar surface area (TPSA) is 60.3 Å². The number of ether oxygens (including phenoxy) is 1. The van der Waals surface area contributed by atoms with Crippen LogP contribution in [-0.2, 0) is 9.53 Å². The van der Waals surface area contributed by atoms with Crippen LogP contribution in [0.4, 0.5) is 10.1 Å². The van der Waals surface area contributed by atoms with Gasteiger partial charge < -0.3 is 10.1 Å². The van der Waals surface area contributed by atoms with Crippen molar-refractivity contribution < 1.29 is 13.9 Å². The summed E-state index contributed by atoms with van der Waals surface area (Å²) in [4.78, 5) is 24.0. The third kappa shape index (κ3) is 3.38. The molecule has 2 aromatic rings. The molecule has 0 spiro atoms. The van der Waals surface area contributed by atoms with Gasteiger partial charge in [0.05, 0.1) is 17.5 Å². The van der Waals surface area contributed by atoms with E-state index in [2.05, 4.69) is 5.32 Å². The lowest BCUT2D eigenvalue weighted by Gasteiger charge is -2.13. The number of amides is 1. The summed E-state index contributed by atoms with van der Waals surface area (Å²) < 4.78 is 20.9. The highest BCUT2D eigenvalue weighted by Crippen LogP contribution is 2.29. The van der Waals surface area contributed by atoms with Crippen LogP contribution < -0.4 is 10.9 Å². The van der Waals surface area contributed by atoms with E-state index in [1.165, 1.54) is 22.8 Å². The molecule has 1 fully saturated rings. The Morgan fingerprint density at radius 1 is 1.29 bits per heavy atom. The van der Waals surface area contributed by atoms with E-state index in [-0.39, 0.29) is 29.2 Å². The number of benzene rings is 1. The molecule has 6 heteroatoms. The van der Waals surface area contributed by atoms with Gasteiger partial charge >= 0.3 is 0 Å². The molecule has 0 radical (unpaired) electrons. The number of hydrogen-bond donors (Lipinski definition) is 1. The van der Waals surface area contributed by atoms with E-state index < -0.39 is 5.82 Å². The second kappa shape index (κ2) is 6.97. The zero-order chi connectivity index (χ0) is 17.1. The zero-order valence-corrected chi connectivity index (χ0v) is 13.4. The molecule has 0 saturated heterocycles. The van der Waals surface area contributed by atoms with Crippen LogP contribution in [-0.4, -0.2) is 23.7 Å². The quantitative estimate of drug-likeness (QED) is 0.938. The van der Waals surface area contributed by atoms with Gasteiger partial charge in [-0.15, -0.1) is 0 Å². The molecule has 1 saturated carbocycles. The Labute approximate surface area is 139 Å². The predicted molar refractivity (Wildman–Crippen MR) is 88.8 cm³/mol. The summed E-state index contributed by atoms with van der Waals surface area (Å²) in [7, 11) is 1.63. The first kappa shape index (κ1) is 16.4. The summed E-state index contributed by atoms with van der Waals surface area (Å²) in [5.74, 6) is -0.929. The number of carbonyl (C=O) groups is 1. The number of carbonyl (C=O) groups excluding carboxylic acids is 1. The molecule has 24 heavy (non-hydrogen) atoms. The van der Waals surface area contributed by atoms with Gasteiger partial charge in [0.2, 0.25) is 5.91 Å². The first-order valence-electron chi connectivity index (χ1n) is 7.89. The second-order valence-corrected chi connectivity index (χ2v) is 5.93. The van der Waals surface area contributed by atoms with Crippen molar-refractivity contribution >= 4 is 11.6 Å². The summed E-state index contributed by atoms with van der Waals surface area (Å²) in [6.45, 7) is 0. The number of aromatic nitrogens is 1. The van der Waals surface area contributed by atoms with Crippen molar-refractivity contribution in [2.24, 2.45) is 5.92 Å². The van der Waals surface area contributed by atoms with Crippen molar-refractivity contribution in [2.45, 2.75) is 25.4 Å². The van der Waals surface area contributed by atoms with Crippen LogP contribution in [0.3, 0.4) is 0 Å². The van der Waals surface area contributed by atoms with Crippen molar-refractivity contribution in [3.05, 3.63) is 58.8 Å². The Kier molecular flexibility index (Phi) is 4.76. The largest absolute Gasteiger partial charge is 0.381 e. The van der Waals surface area contributed by atoms with E-state index >= 15 is 0 Å². The van der Waals surface area contributed by atoms with Gasteiger partial charge in [-0.3, -0.25) is 14.2 Å². The number of nitrogens with zero attached hydrogens (tertiary/aromatic N) is 1. The zero-order valence-electron chi connectivity index (χ0n) is 13.4. The minimum atomic E-state index is -0.571. The Morgan fingerprint density at radius 3 is 2.79 bits per heavy atom. The van der Waals surface area contributed by atoms with Gasteiger partial charge in [0.15, 0.2) is 0 Å². The smallest absolute Gasteiger partial charge is 0.255 e.